The molecule has 0 saturated carbocycles. The Balaban J connectivity index is 2.00. The summed E-state index contributed by atoms with van der Waals surface area (Å²) in [4.78, 5) is 47.9. The Bertz CT molecular complexity index is 449. The SMILES string of the molecule is CN(C(=O)CN1C(=O)CNC1=O)C1COCC1C(=O)O. The highest BCUT2D eigenvalue weighted by Gasteiger charge is 2.40. The van der Waals surface area contributed by atoms with Crippen molar-refractivity contribution in [2.75, 3.05) is 33.4 Å². The lowest BCUT2D eigenvalue weighted by molar-refractivity contribution is -0.145. The molecular formula is C11H15N3O6. The van der Waals surface area contributed by atoms with E-state index in [1.807, 2.05) is 0 Å². The molecule has 0 aliphatic carbocycles. The number of nitrogens with one attached hydrogen (secondary N) is 1. The maximum Gasteiger partial charge on any atom is 0.325 e. The third-order valence-corrected chi connectivity index (χ3v) is 3.49. The minimum absolute atomic E-state index is 0.0424. The van der Waals surface area contributed by atoms with E-state index < -0.39 is 42.3 Å². The largest absolute Gasteiger partial charge is 0.481 e. The highest BCUT2D eigenvalue weighted by Crippen LogP contribution is 2.19. The van der Waals surface area contributed by atoms with Crippen molar-refractivity contribution in [1.29, 1.82) is 0 Å². The zero-order chi connectivity index (χ0) is 14.9. The summed E-state index contributed by atoms with van der Waals surface area (Å²) in [6.45, 7) is -0.357. The average molecular weight is 285 g/mol. The number of carboxylic acid groups (broad SMARTS) is 1. The number of urea groups is 1. The molecule has 0 bridgehead atoms. The van der Waals surface area contributed by atoms with Gasteiger partial charge in [-0.1, -0.05) is 0 Å². The molecule has 0 aromatic rings. The number of carbonyl (C=O) groups is 4. The van der Waals surface area contributed by atoms with Crippen molar-refractivity contribution in [1.82, 2.24) is 15.1 Å². The second-order valence-electron chi connectivity index (χ2n) is 4.69. The first-order valence-corrected chi connectivity index (χ1v) is 6.06. The van der Waals surface area contributed by atoms with Crippen molar-refractivity contribution in [3.8, 4) is 0 Å². The van der Waals surface area contributed by atoms with E-state index in [2.05, 4.69) is 5.32 Å². The van der Waals surface area contributed by atoms with Gasteiger partial charge in [0.1, 0.15) is 12.5 Å². The van der Waals surface area contributed by atoms with Crippen LogP contribution in [-0.2, 0) is 19.1 Å². The third kappa shape index (κ3) is 2.57. The molecule has 0 spiro atoms. The van der Waals surface area contributed by atoms with Crippen molar-refractivity contribution in [3.63, 3.8) is 0 Å². The number of aliphatic carboxylic acids is 1. The zero-order valence-electron chi connectivity index (χ0n) is 10.9. The summed E-state index contributed by atoms with van der Waals surface area (Å²) >= 11 is 0. The molecule has 0 aromatic heterocycles. The number of carboxylic acids is 1. The van der Waals surface area contributed by atoms with E-state index in [9.17, 15) is 19.2 Å². The number of amides is 4. The fraction of sp³-hybridized carbons (Fsp3) is 0.636. The highest BCUT2D eigenvalue weighted by atomic mass is 16.5. The Hall–Kier alpha value is -2.16. The van der Waals surface area contributed by atoms with Gasteiger partial charge in [0.2, 0.25) is 5.91 Å². The topological polar surface area (TPSA) is 116 Å². The van der Waals surface area contributed by atoms with Gasteiger partial charge in [0.05, 0.1) is 25.8 Å². The van der Waals surface area contributed by atoms with E-state index >= 15 is 0 Å². The first-order valence-electron chi connectivity index (χ1n) is 6.06. The lowest BCUT2D eigenvalue weighted by Crippen LogP contribution is -2.49. The lowest BCUT2D eigenvalue weighted by atomic mass is 10.0. The molecule has 9 nitrogen and oxygen atoms in total. The summed E-state index contributed by atoms with van der Waals surface area (Å²) in [5, 5.41) is 11.3. The van der Waals surface area contributed by atoms with E-state index in [1.54, 1.807) is 0 Å². The van der Waals surface area contributed by atoms with Crippen LogP contribution in [0.5, 0.6) is 0 Å². The molecule has 2 saturated heterocycles. The minimum Gasteiger partial charge on any atom is -0.481 e. The number of rotatable bonds is 4. The van der Waals surface area contributed by atoms with E-state index in [4.69, 9.17) is 9.84 Å². The fourth-order valence-corrected chi connectivity index (χ4v) is 2.21. The molecule has 0 aromatic carbocycles. The van der Waals surface area contributed by atoms with Crippen LogP contribution in [0.3, 0.4) is 0 Å². The van der Waals surface area contributed by atoms with Gasteiger partial charge >= 0.3 is 12.0 Å². The van der Waals surface area contributed by atoms with E-state index in [0.29, 0.717) is 0 Å². The van der Waals surface area contributed by atoms with Gasteiger partial charge in [-0.25, -0.2) is 4.79 Å². The van der Waals surface area contributed by atoms with E-state index in [-0.39, 0.29) is 19.8 Å². The Labute approximate surface area is 114 Å². The molecular weight excluding hydrogens is 270 g/mol. The van der Waals surface area contributed by atoms with Crippen LogP contribution in [0.1, 0.15) is 0 Å². The molecule has 2 fully saturated rings. The Morgan fingerprint density at radius 3 is 2.70 bits per heavy atom. The normalized spacial score (nSPS) is 25.8. The second kappa shape index (κ2) is 5.45. The summed E-state index contributed by atoms with van der Waals surface area (Å²) in [5.74, 6) is -2.82. The van der Waals surface area contributed by atoms with Crippen molar-refractivity contribution in [2.45, 2.75) is 6.04 Å². The number of hydrogen-bond donors (Lipinski definition) is 2. The summed E-state index contributed by atoms with van der Waals surface area (Å²) in [5.41, 5.74) is 0. The van der Waals surface area contributed by atoms with Gasteiger partial charge in [-0.3, -0.25) is 19.3 Å². The number of hydrogen-bond acceptors (Lipinski definition) is 5. The quantitative estimate of drug-likeness (QED) is 0.583. The van der Waals surface area contributed by atoms with Crippen molar-refractivity contribution < 1.29 is 29.0 Å². The Morgan fingerprint density at radius 1 is 1.45 bits per heavy atom. The molecule has 9 heteroatoms. The highest BCUT2D eigenvalue weighted by molar-refractivity contribution is 6.04. The molecule has 2 aliphatic heterocycles. The van der Waals surface area contributed by atoms with Gasteiger partial charge in [-0.15, -0.1) is 0 Å². The monoisotopic (exact) mass is 285 g/mol. The van der Waals surface area contributed by atoms with Gasteiger partial charge in [0, 0.05) is 7.05 Å². The molecule has 2 N–H and O–H groups in total. The predicted molar refractivity (Wildman–Crippen MR) is 63.6 cm³/mol. The molecule has 20 heavy (non-hydrogen) atoms. The van der Waals surface area contributed by atoms with Crippen molar-refractivity contribution in [2.24, 2.45) is 5.92 Å². The average Bonchev–Trinajstić information content (AvgIpc) is 2.99. The molecule has 2 atom stereocenters. The van der Waals surface area contributed by atoms with Crippen molar-refractivity contribution >= 4 is 23.8 Å². The molecule has 0 radical (unpaired) electrons. The summed E-state index contributed by atoms with van der Waals surface area (Å²) < 4.78 is 5.08. The molecule has 2 rings (SSSR count). The lowest BCUT2D eigenvalue weighted by Gasteiger charge is -2.27. The number of likely N-dealkylation sites (N-methyl/N-ethyl adjacent to an activating group) is 1. The van der Waals surface area contributed by atoms with Crippen LogP contribution in [0, 0.1) is 5.92 Å². The fourth-order valence-electron chi connectivity index (χ4n) is 2.21. The second-order valence-corrected chi connectivity index (χ2v) is 4.69. The van der Waals surface area contributed by atoms with Crippen molar-refractivity contribution in [3.05, 3.63) is 0 Å². The molecule has 2 unspecified atom stereocenters. The van der Waals surface area contributed by atoms with E-state index in [0.717, 1.165) is 4.90 Å². The number of ether oxygens (including phenoxy) is 1. The Morgan fingerprint density at radius 2 is 2.15 bits per heavy atom. The zero-order valence-corrected chi connectivity index (χ0v) is 10.9. The van der Waals surface area contributed by atoms with Crippen LogP contribution < -0.4 is 5.32 Å². The maximum atomic E-state index is 12.0. The molecule has 110 valence electrons. The van der Waals surface area contributed by atoms with Gasteiger partial charge in [-0.2, -0.15) is 0 Å². The molecule has 4 amide bonds. The van der Waals surface area contributed by atoms with Crippen LogP contribution in [0.15, 0.2) is 0 Å². The number of nitrogens with zero attached hydrogens (tertiary/aromatic N) is 2. The van der Waals surface area contributed by atoms with E-state index in [1.165, 1.54) is 11.9 Å². The summed E-state index contributed by atoms with van der Waals surface area (Å²) in [6.07, 6.45) is 0. The van der Waals surface area contributed by atoms with Gasteiger partial charge < -0.3 is 20.1 Å². The third-order valence-electron chi connectivity index (χ3n) is 3.49. The summed E-state index contributed by atoms with van der Waals surface area (Å²) in [6, 6.07) is -1.21. The minimum atomic E-state index is -1.04. The van der Waals surface area contributed by atoms with Crippen LogP contribution in [-0.4, -0.2) is 78.1 Å². The van der Waals surface area contributed by atoms with Crippen LogP contribution in [0.2, 0.25) is 0 Å². The summed E-state index contributed by atoms with van der Waals surface area (Å²) in [7, 11) is 1.44. The smallest absolute Gasteiger partial charge is 0.325 e. The Kier molecular flexibility index (Phi) is 3.89. The number of carbonyl (C=O) groups excluding carboxylic acids is 3. The first-order chi connectivity index (χ1) is 9.41. The van der Waals surface area contributed by atoms with Crippen LogP contribution in [0.25, 0.3) is 0 Å². The van der Waals surface area contributed by atoms with Crippen LogP contribution in [0.4, 0.5) is 4.79 Å². The predicted octanol–water partition coefficient (Wildman–Crippen LogP) is -1.90. The van der Waals surface area contributed by atoms with Gasteiger partial charge in [0.25, 0.3) is 5.91 Å². The van der Waals surface area contributed by atoms with Gasteiger partial charge in [-0.05, 0) is 0 Å². The van der Waals surface area contributed by atoms with Crippen LogP contribution >= 0.6 is 0 Å². The molecule has 2 heterocycles. The molecule has 2 aliphatic rings. The first kappa shape index (κ1) is 14.3. The maximum absolute atomic E-state index is 12.0. The number of imide groups is 1. The standard InChI is InChI=1S/C11H15N3O6/c1-13(7-5-20-4-6(7)10(17)18)9(16)3-14-8(15)2-12-11(14)19/h6-7H,2-5H2,1H3,(H,12,19)(H,17,18). The van der Waals surface area contributed by atoms with Gasteiger partial charge in [0.15, 0.2) is 0 Å².